The molecular formula is C14H12BrFN2O. The standard InChI is InChI=1S/C14H12BrFN2O/c1-9(10-2-4-12(16)5-3-10)18-14(19)11-6-7-17-13(15)8-11/h2-9H,1H3,(H,18,19). The van der Waals surface area contributed by atoms with Crippen LogP contribution in [0.3, 0.4) is 0 Å². The molecule has 0 aliphatic carbocycles. The molecule has 1 aromatic heterocycles. The van der Waals surface area contributed by atoms with Crippen molar-refractivity contribution >= 4 is 21.8 Å². The summed E-state index contributed by atoms with van der Waals surface area (Å²) in [5.74, 6) is -0.486. The third-order valence-corrected chi connectivity index (χ3v) is 3.14. The predicted octanol–water partition coefficient (Wildman–Crippen LogP) is 3.47. The first-order valence-electron chi connectivity index (χ1n) is 5.74. The van der Waals surface area contributed by atoms with Crippen LogP contribution >= 0.6 is 15.9 Å². The lowest BCUT2D eigenvalue weighted by Crippen LogP contribution is -2.26. The van der Waals surface area contributed by atoms with Crippen molar-refractivity contribution in [2.24, 2.45) is 0 Å². The summed E-state index contributed by atoms with van der Waals surface area (Å²) >= 11 is 3.22. The first kappa shape index (κ1) is 13.7. The van der Waals surface area contributed by atoms with Gasteiger partial charge in [0.2, 0.25) is 0 Å². The Balaban J connectivity index is 2.08. The summed E-state index contributed by atoms with van der Waals surface area (Å²) in [5.41, 5.74) is 1.37. The van der Waals surface area contributed by atoms with Crippen molar-refractivity contribution < 1.29 is 9.18 Å². The lowest BCUT2D eigenvalue weighted by Gasteiger charge is -2.14. The van der Waals surface area contributed by atoms with Gasteiger partial charge in [0.15, 0.2) is 0 Å². The number of hydrogen-bond acceptors (Lipinski definition) is 2. The van der Waals surface area contributed by atoms with E-state index in [2.05, 4.69) is 26.2 Å². The Morgan fingerprint density at radius 1 is 1.32 bits per heavy atom. The number of rotatable bonds is 3. The Morgan fingerprint density at radius 2 is 2.00 bits per heavy atom. The van der Waals surface area contributed by atoms with Crippen molar-refractivity contribution in [2.45, 2.75) is 13.0 Å². The van der Waals surface area contributed by atoms with Crippen molar-refractivity contribution in [3.8, 4) is 0 Å². The maximum atomic E-state index is 12.8. The zero-order valence-electron chi connectivity index (χ0n) is 10.2. The lowest BCUT2D eigenvalue weighted by atomic mass is 10.1. The van der Waals surface area contributed by atoms with Gasteiger partial charge in [-0.3, -0.25) is 4.79 Å². The topological polar surface area (TPSA) is 42.0 Å². The molecule has 2 aromatic rings. The van der Waals surface area contributed by atoms with Gasteiger partial charge >= 0.3 is 0 Å². The predicted molar refractivity (Wildman–Crippen MR) is 74.2 cm³/mol. The number of nitrogens with zero attached hydrogens (tertiary/aromatic N) is 1. The van der Waals surface area contributed by atoms with Crippen molar-refractivity contribution in [1.29, 1.82) is 0 Å². The van der Waals surface area contributed by atoms with E-state index in [0.717, 1.165) is 5.56 Å². The largest absolute Gasteiger partial charge is 0.346 e. The minimum absolute atomic E-state index is 0.194. The molecule has 1 atom stereocenters. The van der Waals surface area contributed by atoms with Crippen LogP contribution in [0.5, 0.6) is 0 Å². The number of halogens is 2. The van der Waals surface area contributed by atoms with E-state index in [1.54, 1.807) is 30.5 Å². The average Bonchev–Trinajstić information content (AvgIpc) is 2.39. The summed E-state index contributed by atoms with van der Waals surface area (Å²) in [6.45, 7) is 1.85. The molecule has 2 rings (SSSR count). The minimum atomic E-state index is -0.291. The van der Waals surface area contributed by atoms with Crippen LogP contribution in [-0.4, -0.2) is 10.9 Å². The second kappa shape index (κ2) is 5.93. The molecule has 0 spiro atoms. The van der Waals surface area contributed by atoms with Crippen LogP contribution in [0.4, 0.5) is 4.39 Å². The van der Waals surface area contributed by atoms with E-state index in [1.807, 2.05) is 6.92 Å². The SMILES string of the molecule is CC(NC(=O)c1ccnc(Br)c1)c1ccc(F)cc1. The van der Waals surface area contributed by atoms with E-state index in [-0.39, 0.29) is 17.8 Å². The molecule has 1 N–H and O–H groups in total. The number of pyridine rings is 1. The van der Waals surface area contributed by atoms with Crippen LogP contribution in [-0.2, 0) is 0 Å². The highest BCUT2D eigenvalue weighted by atomic mass is 79.9. The molecule has 0 saturated heterocycles. The molecule has 3 nitrogen and oxygen atoms in total. The van der Waals surface area contributed by atoms with Gasteiger partial charge in [0, 0.05) is 11.8 Å². The Bertz CT molecular complexity index is 586. The summed E-state index contributed by atoms with van der Waals surface area (Å²) in [5, 5.41) is 2.85. The number of amides is 1. The van der Waals surface area contributed by atoms with Gasteiger partial charge in [0.25, 0.3) is 5.91 Å². The van der Waals surface area contributed by atoms with E-state index >= 15 is 0 Å². The third kappa shape index (κ3) is 3.61. The molecule has 0 radical (unpaired) electrons. The molecule has 1 aromatic carbocycles. The summed E-state index contributed by atoms with van der Waals surface area (Å²) in [7, 11) is 0. The van der Waals surface area contributed by atoms with Gasteiger partial charge in [0.1, 0.15) is 10.4 Å². The summed E-state index contributed by atoms with van der Waals surface area (Å²) in [6.07, 6.45) is 1.56. The normalized spacial score (nSPS) is 11.9. The van der Waals surface area contributed by atoms with Crippen LogP contribution in [0.2, 0.25) is 0 Å². The zero-order chi connectivity index (χ0) is 13.8. The van der Waals surface area contributed by atoms with E-state index in [0.29, 0.717) is 10.2 Å². The number of hydrogen-bond donors (Lipinski definition) is 1. The molecule has 1 heterocycles. The second-order valence-electron chi connectivity index (χ2n) is 4.11. The fourth-order valence-electron chi connectivity index (χ4n) is 1.66. The van der Waals surface area contributed by atoms with E-state index in [9.17, 15) is 9.18 Å². The van der Waals surface area contributed by atoms with E-state index in [1.165, 1.54) is 12.1 Å². The van der Waals surface area contributed by atoms with Gasteiger partial charge in [-0.1, -0.05) is 12.1 Å². The monoisotopic (exact) mass is 322 g/mol. The number of aromatic nitrogens is 1. The maximum absolute atomic E-state index is 12.8. The van der Waals surface area contributed by atoms with Gasteiger partial charge in [-0.05, 0) is 52.7 Å². The van der Waals surface area contributed by atoms with Crippen LogP contribution in [0.15, 0.2) is 47.2 Å². The molecule has 0 aliphatic rings. The number of carbonyl (C=O) groups is 1. The summed E-state index contributed by atoms with van der Waals surface area (Å²) in [6, 6.07) is 9.15. The van der Waals surface area contributed by atoms with Crippen molar-refractivity contribution in [2.75, 3.05) is 0 Å². The Kier molecular flexibility index (Phi) is 4.27. The molecule has 0 saturated carbocycles. The van der Waals surface area contributed by atoms with Crippen LogP contribution in [0.1, 0.15) is 28.9 Å². The Labute approximate surface area is 119 Å². The lowest BCUT2D eigenvalue weighted by molar-refractivity contribution is 0.0939. The Hall–Kier alpha value is -1.75. The maximum Gasteiger partial charge on any atom is 0.251 e. The molecule has 0 aliphatic heterocycles. The first-order chi connectivity index (χ1) is 9.06. The highest BCUT2D eigenvalue weighted by Gasteiger charge is 2.11. The quantitative estimate of drug-likeness (QED) is 0.879. The molecule has 1 amide bonds. The molecule has 0 bridgehead atoms. The molecule has 98 valence electrons. The highest BCUT2D eigenvalue weighted by molar-refractivity contribution is 9.10. The second-order valence-corrected chi connectivity index (χ2v) is 4.93. The summed E-state index contributed by atoms with van der Waals surface area (Å²) in [4.78, 5) is 16.0. The van der Waals surface area contributed by atoms with Crippen LogP contribution < -0.4 is 5.32 Å². The van der Waals surface area contributed by atoms with Crippen molar-refractivity contribution in [3.63, 3.8) is 0 Å². The van der Waals surface area contributed by atoms with Gasteiger partial charge in [-0.15, -0.1) is 0 Å². The molecule has 19 heavy (non-hydrogen) atoms. The number of nitrogens with one attached hydrogen (secondary N) is 1. The van der Waals surface area contributed by atoms with Crippen LogP contribution in [0.25, 0.3) is 0 Å². The van der Waals surface area contributed by atoms with Gasteiger partial charge in [0.05, 0.1) is 6.04 Å². The molecule has 5 heteroatoms. The fourth-order valence-corrected chi connectivity index (χ4v) is 2.02. The molecule has 1 unspecified atom stereocenters. The van der Waals surface area contributed by atoms with Crippen LogP contribution in [0, 0.1) is 5.82 Å². The number of benzene rings is 1. The molecular weight excluding hydrogens is 311 g/mol. The van der Waals surface area contributed by atoms with Gasteiger partial charge in [-0.25, -0.2) is 9.37 Å². The average molecular weight is 323 g/mol. The smallest absolute Gasteiger partial charge is 0.251 e. The number of carbonyl (C=O) groups excluding carboxylic acids is 1. The molecule has 0 fully saturated rings. The van der Waals surface area contributed by atoms with Crippen molar-refractivity contribution in [1.82, 2.24) is 10.3 Å². The van der Waals surface area contributed by atoms with E-state index < -0.39 is 0 Å². The van der Waals surface area contributed by atoms with Gasteiger partial charge < -0.3 is 5.32 Å². The first-order valence-corrected chi connectivity index (χ1v) is 6.53. The summed E-state index contributed by atoms with van der Waals surface area (Å²) < 4.78 is 13.4. The van der Waals surface area contributed by atoms with E-state index in [4.69, 9.17) is 0 Å². The van der Waals surface area contributed by atoms with Gasteiger partial charge in [-0.2, -0.15) is 0 Å². The minimum Gasteiger partial charge on any atom is -0.346 e. The fraction of sp³-hybridized carbons (Fsp3) is 0.143. The zero-order valence-corrected chi connectivity index (χ0v) is 11.8. The van der Waals surface area contributed by atoms with Crippen molar-refractivity contribution in [3.05, 3.63) is 64.1 Å². The Morgan fingerprint density at radius 3 is 2.63 bits per heavy atom. The highest BCUT2D eigenvalue weighted by Crippen LogP contribution is 2.14. The third-order valence-electron chi connectivity index (χ3n) is 2.71.